The zero-order chi connectivity index (χ0) is 14.8. The lowest BCUT2D eigenvalue weighted by molar-refractivity contribution is 0.577. The number of rotatable bonds is 2. The Morgan fingerprint density at radius 3 is 2.57 bits per heavy atom. The summed E-state index contributed by atoms with van der Waals surface area (Å²) in [6.07, 6.45) is 3.84. The number of benzene rings is 2. The van der Waals surface area contributed by atoms with Gasteiger partial charge in [-0.3, -0.25) is 0 Å². The van der Waals surface area contributed by atoms with Gasteiger partial charge in [-0.25, -0.2) is 0 Å². The second kappa shape index (κ2) is 5.33. The second-order valence-electron chi connectivity index (χ2n) is 5.06. The predicted octanol–water partition coefficient (Wildman–Crippen LogP) is 3.15. The Bertz CT molecular complexity index is 913. The second-order valence-corrected chi connectivity index (χ2v) is 5.06. The van der Waals surface area contributed by atoms with Crippen molar-refractivity contribution >= 4 is 23.6 Å². The summed E-state index contributed by atoms with van der Waals surface area (Å²) in [4.78, 5) is 0. The Balaban J connectivity index is 2.40. The van der Waals surface area contributed by atoms with Crippen molar-refractivity contribution in [3.63, 3.8) is 0 Å². The van der Waals surface area contributed by atoms with E-state index in [0.29, 0.717) is 5.42 Å². The molecule has 2 nitrogen and oxygen atoms in total. The number of nitrogens with two attached hydrogens (primary N) is 1. The maximum atomic E-state index is 5.78. The zero-order valence-corrected chi connectivity index (χ0v) is 12.0. The van der Waals surface area contributed by atoms with Crippen LogP contribution in [0.15, 0.2) is 64.7 Å². The van der Waals surface area contributed by atoms with E-state index < -0.39 is 0 Å². The lowest BCUT2D eigenvalue weighted by Crippen LogP contribution is -2.18. The molecular formula is C19H17NO. The van der Waals surface area contributed by atoms with Crippen molar-refractivity contribution in [2.75, 3.05) is 0 Å². The van der Waals surface area contributed by atoms with Crippen LogP contribution in [-0.4, -0.2) is 0 Å². The Labute approximate surface area is 123 Å². The van der Waals surface area contributed by atoms with Crippen LogP contribution in [0.2, 0.25) is 0 Å². The third-order valence-corrected chi connectivity index (χ3v) is 3.43. The molecule has 0 radical (unpaired) electrons. The van der Waals surface area contributed by atoms with E-state index in [4.69, 9.17) is 10.2 Å². The smallest absolute Gasteiger partial charge is 0.136 e. The normalized spacial score (nSPS) is 13.0. The van der Waals surface area contributed by atoms with Crippen LogP contribution in [0, 0.1) is 0 Å². The highest BCUT2D eigenvalue weighted by atomic mass is 16.3. The van der Waals surface area contributed by atoms with Gasteiger partial charge < -0.3 is 10.2 Å². The maximum absolute atomic E-state index is 5.78. The van der Waals surface area contributed by atoms with Crippen LogP contribution in [0.1, 0.15) is 6.92 Å². The topological polar surface area (TPSA) is 39.2 Å². The van der Waals surface area contributed by atoms with Gasteiger partial charge >= 0.3 is 0 Å². The van der Waals surface area contributed by atoms with E-state index in [0.717, 1.165) is 33.0 Å². The highest BCUT2D eigenvalue weighted by Crippen LogP contribution is 2.25. The molecule has 2 aromatic carbocycles. The molecule has 0 saturated carbocycles. The van der Waals surface area contributed by atoms with Crippen molar-refractivity contribution < 1.29 is 4.42 Å². The lowest BCUT2D eigenvalue weighted by atomic mass is 10.0. The number of allylic oxidation sites excluding steroid dienone is 2. The first-order chi connectivity index (χ1) is 10.2. The first kappa shape index (κ1) is 13.3. The molecule has 0 saturated heterocycles. The molecule has 0 fully saturated rings. The molecular weight excluding hydrogens is 258 g/mol. The molecule has 21 heavy (non-hydrogen) atoms. The van der Waals surface area contributed by atoms with Gasteiger partial charge in [0.1, 0.15) is 11.0 Å². The summed E-state index contributed by atoms with van der Waals surface area (Å²) in [6, 6.07) is 16.3. The molecule has 3 rings (SSSR count). The van der Waals surface area contributed by atoms with Crippen molar-refractivity contribution in [1.82, 2.24) is 0 Å². The Morgan fingerprint density at radius 2 is 1.86 bits per heavy atom. The highest BCUT2D eigenvalue weighted by molar-refractivity contribution is 5.95. The fourth-order valence-electron chi connectivity index (χ4n) is 2.47. The third kappa shape index (κ3) is 2.48. The van der Waals surface area contributed by atoms with Crippen molar-refractivity contribution in [2.45, 2.75) is 6.92 Å². The largest absolute Gasteiger partial charge is 0.457 e. The summed E-state index contributed by atoms with van der Waals surface area (Å²) in [7, 11) is 0. The summed E-state index contributed by atoms with van der Waals surface area (Å²) in [5, 5.41) is 2.06. The standard InChI is InChI=1S/C19H17NO/c1-13(20)11-12-16-14(2)21-18-10-6-9-17(19(16)18)15-7-4-3-5-8-15/h3-12H,2,20H2,1H3/b13-11+,16-12+. The summed E-state index contributed by atoms with van der Waals surface area (Å²) >= 11 is 0. The Morgan fingerprint density at radius 1 is 1.10 bits per heavy atom. The van der Waals surface area contributed by atoms with E-state index in [1.165, 1.54) is 0 Å². The molecule has 0 aliphatic carbocycles. The number of hydrogen-bond donors (Lipinski definition) is 1. The fourth-order valence-corrected chi connectivity index (χ4v) is 2.47. The van der Waals surface area contributed by atoms with Gasteiger partial charge in [0.25, 0.3) is 0 Å². The molecule has 1 aromatic heterocycles. The lowest BCUT2D eigenvalue weighted by Gasteiger charge is -2.02. The fraction of sp³-hybridized carbons (Fsp3) is 0.0526. The molecule has 0 aliphatic rings. The average molecular weight is 275 g/mol. The monoisotopic (exact) mass is 275 g/mol. The van der Waals surface area contributed by atoms with Gasteiger partial charge in [0.15, 0.2) is 0 Å². The zero-order valence-electron chi connectivity index (χ0n) is 12.0. The van der Waals surface area contributed by atoms with Crippen molar-refractivity contribution in [2.24, 2.45) is 5.73 Å². The Kier molecular flexibility index (Phi) is 3.36. The molecule has 0 bridgehead atoms. The first-order valence-electron chi connectivity index (χ1n) is 6.87. The molecule has 1 heterocycles. The van der Waals surface area contributed by atoms with Crippen LogP contribution < -0.4 is 16.4 Å². The van der Waals surface area contributed by atoms with Gasteiger partial charge in [-0.1, -0.05) is 49.0 Å². The molecule has 2 N–H and O–H groups in total. The van der Waals surface area contributed by atoms with E-state index in [9.17, 15) is 0 Å². The predicted molar refractivity (Wildman–Crippen MR) is 88.8 cm³/mol. The molecule has 104 valence electrons. The van der Waals surface area contributed by atoms with Crippen molar-refractivity contribution in [1.29, 1.82) is 0 Å². The minimum Gasteiger partial charge on any atom is -0.457 e. The van der Waals surface area contributed by atoms with Gasteiger partial charge in [-0.05, 0) is 36.3 Å². The van der Waals surface area contributed by atoms with E-state index in [1.807, 2.05) is 49.4 Å². The molecule has 0 amide bonds. The van der Waals surface area contributed by atoms with E-state index in [1.54, 1.807) is 0 Å². The van der Waals surface area contributed by atoms with E-state index in [2.05, 4.69) is 24.8 Å². The van der Waals surface area contributed by atoms with Gasteiger partial charge in [-0.15, -0.1) is 0 Å². The SMILES string of the molecule is C=c1oc2cccc(-c3ccccc3)c2/c1=C/C=C(\C)N. The average Bonchev–Trinajstić information content (AvgIpc) is 2.81. The Hall–Kier alpha value is -2.74. The maximum Gasteiger partial charge on any atom is 0.136 e. The highest BCUT2D eigenvalue weighted by Gasteiger charge is 2.08. The van der Waals surface area contributed by atoms with Crippen LogP contribution in [0.25, 0.3) is 34.8 Å². The quantitative estimate of drug-likeness (QED) is 0.780. The number of fused-ring (bicyclic) bond motifs is 1. The summed E-state index contributed by atoms with van der Waals surface area (Å²) in [6.45, 7) is 5.86. The first-order valence-corrected chi connectivity index (χ1v) is 6.87. The van der Waals surface area contributed by atoms with E-state index >= 15 is 0 Å². The molecule has 0 unspecified atom stereocenters. The number of hydrogen-bond acceptors (Lipinski definition) is 2. The van der Waals surface area contributed by atoms with Crippen LogP contribution in [-0.2, 0) is 0 Å². The molecule has 3 aromatic rings. The van der Waals surface area contributed by atoms with Gasteiger partial charge in [-0.2, -0.15) is 0 Å². The number of furan rings is 1. The molecule has 0 atom stereocenters. The van der Waals surface area contributed by atoms with Crippen LogP contribution in [0.3, 0.4) is 0 Å². The van der Waals surface area contributed by atoms with Crippen LogP contribution in [0.4, 0.5) is 0 Å². The van der Waals surface area contributed by atoms with E-state index in [-0.39, 0.29) is 0 Å². The molecule has 0 aliphatic heterocycles. The minimum absolute atomic E-state index is 0.658. The minimum atomic E-state index is 0.658. The molecule has 0 spiro atoms. The summed E-state index contributed by atoms with van der Waals surface area (Å²) < 4.78 is 5.78. The van der Waals surface area contributed by atoms with Crippen molar-refractivity contribution in [3.8, 4) is 11.1 Å². The molecule has 2 heteroatoms. The third-order valence-electron chi connectivity index (χ3n) is 3.43. The van der Waals surface area contributed by atoms with Crippen LogP contribution in [0.5, 0.6) is 0 Å². The van der Waals surface area contributed by atoms with Gasteiger partial charge in [0.2, 0.25) is 0 Å². The summed E-state index contributed by atoms with van der Waals surface area (Å²) in [5.74, 6) is 0. The van der Waals surface area contributed by atoms with Crippen LogP contribution >= 0.6 is 0 Å². The van der Waals surface area contributed by atoms with Gasteiger partial charge in [0.05, 0.1) is 0 Å². The summed E-state index contributed by atoms with van der Waals surface area (Å²) in [5.41, 5.74) is 10.3. The van der Waals surface area contributed by atoms with Crippen molar-refractivity contribution in [3.05, 3.63) is 70.9 Å². The van der Waals surface area contributed by atoms with Gasteiger partial charge in [0, 0.05) is 16.3 Å².